The minimum atomic E-state index is -1.04. The van der Waals surface area contributed by atoms with Crippen LogP contribution in [0.15, 0.2) is 46.0 Å². The van der Waals surface area contributed by atoms with Gasteiger partial charge in [-0.15, -0.1) is 0 Å². The van der Waals surface area contributed by atoms with Crippen LogP contribution < -0.4 is 10.2 Å². The van der Waals surface area contributed by atoms with Crippen molar-refractivity contribution in [3.8, 4) is 5.75 Å². The van der Waals surface area contributed by atoms with E-state index in [0.717, 1.165) is 16.8 Å². The Kier molecular flexibility index (Phi) is 6.06. The molecule has 0 bridgehead atoms. The first-order chi connectivity index (χ1) is 11.0. The first kappa shape index (κ1) is 17.4. The van der Waals surface area contributed by atoms with Gasteiger partial charge in [-0.25, -0.2) is 14.2 Å². The lowest BCUT2D eigenvalue weighted by molar-refractivity contribution is -0.123. The van der Waals surface area contributed by atoms with Gasteiger partial charge in [0.15, 0.2) is 18.2 Å². The van der Waals surface area contributed by atoms with Gasteiger partial charge in [0.05, 0.1) is 11.2 Å². The fourth-order valence-corrected chi connectivity index (χ4v) is 2.29. The molecule has 0 radical (unpaired) electrons. The number of hydrogen-bond acceptors (Lipinski definition) is 3. The number of nitrogens with one attached hydrogen (secondary N) is 1. The molecule has 1 amide bonds. The van der Waals surface area contributed by atoms with Crippen molar-refractivity contribution in [2.45, 2.75) is 0 Å². The van der Waals surface area contributed by atoms with Crippen molar-refractivity contribution in [3.05, 3.63) is 63.1 Å². The Labute approximate surface area is 144 Å². The van der Waals surface area contributed by atoms with Crippen molar-refractivity contribution in [2.24, 2.45) is 5.10 Å². The quantitative estimate of drug-likeness (QED) is 0.608. The molecule has 120 valence electrons. The van der Waals surface area contributed by atoms with Crippen LogP contribution in [0, 0.1) is 11.6 Å². The van der Waals surface area contributed by atoms with Crippen LogP contribution in [0.2, 0.25) is 5.02 Å². The maximum absolute atomic E-state index is 13.4. The molecular weight excluding hydrogens is 394 g/mol. The highest BCUT2D eigenvalue weighted by molar-refractivity contribution is 9.10. The Morgan fingerprint density at radius 2 is 2.13 bits per heavy atom. The lowest BCUT2D eigenvalue weighted by Gasteiger charge is -2.07. The second kappa shape index (κ2) is 8.03. The Morgan fingerprint density at radius 1 is 1.35 bits per heavy atom. The molecule has 0 atom stereocenters. The second-order valence-electron chi connectivity index (χ2n) is 4.30. The van der Waals surface area contributed by atoms with E-state index in [1.165, 1.54) is 12.1 Å². The highest BCUT2D eigenvalue weighted by Crippen LogP contribution is 2.27. The van der Waals surface area contributed by atoms with Gasteiger partial charge in [-0.2, -0.15) is 5.10 Å². The van der Waals surface area contributed by atoms with Gasteiger partial charge in [-0.3, -0.25) is 4.79 Å². The van der Waals surface area contributed by atoms with Gasteiger partial charge in [0, 0.05) is 10.0 Å². The van der Waals surface area contributed by atoms with E-state index in [4.69, 9.17) is 16.3 Å². The lowest BCUT2D eigenvalue weighted by Crippen LogP contribution is -2.24. The summed E-state index contributed by atoms with van der Waals surface area (Å²) in [6.45, 7) is -0.329. The van der Waals surface area contributed by atoms with Crippen molar-refractivity contribution in [1.29, 1.82) is 0 Å². The monoisotopic (exact) mass is 402 g/mol. The summed E-state index contributed by atoms with van der Waals surface area (Å²) >= 11 is 9.18. The van der Waals surface area contributed by atoms with Gasteiger partial charge in [-0.1, -0.05) is 39.7 Å². The summed E-state index contributed by atoms with van der Waals surface area (Å²) in [5.41, 5.74) is 2.06. The van der Waals surface area contributed by atoms with Crippen LogP contribution in [-0.2, 0) is 4.79 Å². The molecule has 2 rings (SSSR count). The largest absolute Gasteiger partial charge is 0.482 e. The summed E-state index contributed by atoms with van der Waals surface area (Å²) in [4.78, 5) is 11.6. The normalized spacial score (nSPS) is 10.8. The van der Waals surface area contributed by atoms with Crippen LogP contribution in [0.3, 0.4) is 0 Å². The minimum absolute atomic E-state index is 0.0813. The van der Waals surface area contributed by atoms with Crippen molar-refractivity contribution in [3.63, 3.8) is 0 Å². The summed E-state index contributed by atoms with van der Waals surface area (Å²) in [5, 5.41) is 3.89. The fourth-order valence-electron chi connectivity index (χ4n) is 1.56. The standard InChI is InChI=1S/C15H10BrClF2N2O2/c16-10-4-5-13(11(17)6-10)23-8-14(22)21-20-7-9-2-1-3-12(18)15(9)19/h1-7H,8H2,(H,21,22)/b20-7+. The van der Waals surface area contributed by atoms with Crippen molar-refractivity contribution in [1.82, 2.24) is 5.43 Å². The minimum Gasteiger partial charge on any atom is -0.482 e. The fraction of sp³-hybridized carbons (Fsp3) is 0.0667. The smallest absolute Gasteiger partial charge is 0.277 e. The van der Waals surface area contributed by atoms with Crippen molar-refractivity contribution in [2.75, 3.05) is 6.61 Å². The van der Waals surface area contributed by atoms with Gasteiger partial charge in [-0.05, 0) is 24.3 Å². The molecular formula is C15H10BrClF2N2O2. The van der Waals surface area contributed by atoms with Gasteiger partial charge in [0.1, 0.15) is 5.75 Å². The van der Waals surface area contributed by atoms with E-state index in [2.05, 4.69) is 26.5 Å². The molecule has 0 heterocycles. The first-order valence-corrected chi connectivity index (χ1v) is 7.48. The van der Waals surface area contributed by atoms with Gasteiger partial charge >= 0.3 is 0 Å². The van der Waals surface area contributed by atoms with E-state index in [0.29, 0.717) is 10.8 Å². The zero-order valence-electron chi connectivity index (χ0n) is 11.5. The molecule has 0 aromatic heterocycles. The summed E-state index contributed by atoms with van der Waals surface area (Å²) in [6, 6.07) is 8.59. The Balaban J connectivity index is 1.87. The number of nitrogens with zero attached hydrogens (tertiary/aromatic N) is 1. The predicted molar refractivity (Wildman–Crippen MR) is 86.7 cm³/mol. The zero-order chi connectivity index (χ0) is 16.8. The average molecular weight is 404 g/mol. The van der Waals surface area contributed by atoms with Gasteiger partial charge in [0.2, 0.25) is 0 Å². The van der Waals surface area contributed by atoms with Crippen molar-refractivity contribution < 1.29 is 18.3 Å². The molecule has 23 heavy (non-hydrogen) atoms. The maximum Gasteiger partial charge on any atom is 0.277 e. The molecule has 0 spiro atoms. The number of carbonyl (C=O) groups excluding carboxylic acids is 1. The third-order valence-electron chi connectivity index (χ3n) is 2.63. The van der Waals surface area contributed by atoms with Gasteiger partial charge < -0.3 is 4.74 Å². The van der Waals surface area contributed by atoms with E-state index >= 15 is 0 Å². The number of halogens is 4. The van der Waals surface area contributed by atoms with E-state index in [9.17, 15) is 13.6 Å². The molecule has 0 aliphatic rings. The summed E-state index contributed by atoms with van der Waals surface area (Å²) in [5.74, 6) is -2.26. The highest BCUT2D eigenvalue weighted by atomic mass is 79.9. The Morgan fingerprint density at radius 3 is 2.87 bits per heavy atom. The van der Waals surface area contributed by atoms with Crippen LogP contribution >= 0.6 is 27.5 Å². The number of hydrazone groups is 1. The molecule has 0 aliphatic heterocycles. The summed E-state index contributed by atoms with van der Waals surface area (Å²) < 4.78 is 32.3. The van der Waals surface area contributed by atoms with Crippen LogP contribution in [-0.4, -0.2) is 18.7 Å². The summed E-state index contributed by atoms with van der Waals surface area (Å²) in [6.07, 6.45) is 1.00. The topological polar surface area (TPSA) is 50.7 Å². The number of carbonyl (C=O) groups is 1. The third kappa shape index (κ3) is 5.01. The zero-order valence-corrected chi connectivity index (χ0v) is 13.9. The molecule has 8 heteroatoms. The summed E-state index contributed by atoms with van der Waals surface area (Å²) in [7, 11) is 0. The average Bonchev–Trinajstić information content (AvgIpc) is 2.50. The molecule has 2 aromatic rings. The van der Waals surface area contributed by atoms with Crippen LogP contribution in [0.4, 0.5) is 8.78 Å². The number of hydrogen-bond donors (Lipinski definition) is 1. The molecule has 0 saturated carbocycles. The van der Waals surface area contributed by atoms with Crippen molar-refractivity contribution >= 4 is 39.7 Å². The molecule has 4 nitrogen and oxygen atoms in total. The molecule has 0 aliphatic carbocycles. The molecule has 2 aromatic carbocycles. The molecule has 0 fully saturated rings. The van der Waals surface area contributed by atoms with Crippen LogP contribution in [0.5, 0.6) is 5.75 Å². The molecule has 0 unspecified atom stereocenters. The third-order valence-corrected chi connectivity index (χ3v) is 3.42. The van der Waals surface area contributed by atoms with E-state index < -0.39 is 17.5 Å². The first-order valence-electron chi connectivity index (χ1n) is 6.31. The van der Waals surface area contributed by atoms with Crippen LogP contribution in [0.25, 0.3) is 0 Å². The lowest BCUT2D eigenvalue weighted by atomic mass is 10.2. The van der Waals surface area contributed by atoms with Crippen LogP contribution in [0.1, 0.15) is 5.56 Å². The SMILES string of the molecule is O=C(COc1ccc(Br)cc1Cl)N/N=C/c1cccc(F)c1F. The molecule has 1 N–H and O–H groups in total. The van der Waals surface area contributed by atoms with E-state index in [-0.39, 0.29) is 12.2 Å². The number of benzene rings is 2. The second-order valence-corrected chi connectivity index (χ2v) is 5.62. The number of ether oxygens (including phenoxy) is 1. The number of amides is 1. The Bertz CT molecular complexity index is 756. The van der Waals surface area contributed by atoms with E-state index in [1.807, 2.05) is 0 Å². The predicted octanol–water partition coefficient (Wildman–Crippen LogP) is 3.91. The number of rotatable bonds is 5. The van der Waals surface area contributed by atoms with E-state index in [1.54, 1.807) is 18.2 Å². The Hall–Kier alpha value is -1.99. The molecule has 0 saturated heterocycles. The van der Waals surface area contributed by atoms with Gasteiger partial charge in [0.25, 0.3) is 5.91 Å². The highest BCUT2D eigenvalue weighted by Gasteiger charge is 2.07. The maximum atomic E-state index is 13.4.